The molecule has 0 saturated carbocycles. The molecule has 1 radical (unpaired) electrons. The summed E-state index contributed by atoms with van der Waals surface area (Å²) in [6.45, 7) is 10.00. The van der Waals surface area contributed by atoms with Gasteiger partial charge in [-0.1, -0.05) is 11.6 Å². The number of methoxy groups -OCH3 is 1. The lowest BCUT2D eigenvalue weighted by atomic mass is 9.75. The monoisotopic (exact) mass is 281 g/mol. The second kappa shape index (κ2) is 4.69. The van der Waals surface area contributed by atoms with Gasteiger partial charge in [-0.3, -0.25) is 0 Å². The fraction of sp³-hybridized carbons (Fsp3) is 0.571. The maximum atomic E-state index is 6.17. The molecule has 0 amide bonds. The van der Waals surface area contributed by atoms with Crippen LogP contribution in [0.2, 0.25) is 5.02 Å². The Bertz CT molecular complexity index is 484. The highest BCUT2D eigenvalue weighted by molar-refractivity contribution is 6.64. The molecular formula is C14H19BClO3. The summed E-state index contributed by atoms with van der Waals surface area (Å²) in [4.78, 5) is 0. The molecule has 19 heavy (non-hydrogen) atoms. The van der Waals surface area contributed by atoms with Crippen molar-refractivity contribution in [1.29, 1.82) is 0 Å². The third-order valence-electron chi connectivity index (χ3n) is 4.03. The molecular weight excluding hydrogens is 262 g/mol. The van der Waals surface area contributed by atoms with E-state index in [1.54, 1.807) is 13.2 Å². The van der Waals surface area contributed by atoms with E-state index in [2.05, 4.69) is 6.07 Å². The highest BCUT2D eigenvalue weighted by Crippen LogP contribution is 2.37. The van der Waals surface area contributed by atoms with E-state index in [0.717, 1.165) is 11.0 Å². The Morgan fingerprint density at radius 2 is 1.74 bits per heavy atom. The molecule has 0 aliphatic carbocycles. The molecule has 0 atom stereocenters. The summed E-state index contributed by atoms with van der Waals surface area (Å²) in [5.74, 6) is 0.611. The van der Waals surface area contributed by atoms with Gasteiger partial charge in [0.15, 0.2) is 0 Å². The molecule has 1 aliphatic rings. The van der Waals surface area contributed by atoms with Crippen LogP contribution in [0.1, 0.15) is 33.3 Å². The standard InChI is InChI=1S/C14H19BClO3/c1-9-10(16)7-8-11(17-6)12(9)15-18-13(2,3)14(4,5)19-15/h7H,1-6H3. The average Bonchev–Trinajstić information content (AvgIpc) is 2.51. The van der Waals surface area contributed by atoms with Gasteiger partial charge in [0.25, 0.3) is 0 Å². The van der Waals surface area contributed by atoms with Crippen LogP contribution in [0.25, 0.3) is 0 Å². The SMILES string of the molecule is COc1[c]cc(Cl)c(C)c1B1OC(C)(C)C(C)(C)O1. The van der Waals surface area contributed by atoms with Gasteiger partial charge in [0.1, 0.15) is 5.75 Å². The van der Waals surface area contributed by atoms with E-state index in [0.29, 0.717) is 10.8 Å². The molecule has 1 aromatic rings. The fourth-order valence-corrected chi connectivity index (χ4v) is 2.18. The zero-order valence-corrected chi connectivity index (χ0v) is 13.0. The molecule has 103 valence electrons. The third-order valence-corrected chi connectivity index (χ3v) is 4.42. The Hall–Kier alpha value is -0.705. The minimum Gasteiger partial charge on any atom is -0.496 e. The largest absolute Gasteiger partial charge is 0.499 e. The van der Waals surface area contributed by atoms with Gasteiger partial charge in [-0.15, -0.1) is 0 Å². The van der Waals surface area contributed by atoms with Crippen molar-refractivity contribution in [3.8, 4) is 5.75 Å². The van der Waals surface area contributed by atoms with E-state index in [-0.39, 0.29) is 0 Å². The van der Waals surface area contributed by atoms with Crippen LogP contribution in [0.4, 0.5) is 0 Å². The Morgan fingerprint density at radius 1 is 1.21 bits per heavy atom. The normalized spacial score (nSPS) is 20.7. The summed E-state index contributed by atoms with van der Waals surface area (Å²) >= 11 is 6.17. The van der Waals surface area contributed by atoms with Gasteiger partial charge < -0.3 is 14.0 Å². The van der Waals surface area contributed by atoms with Crippen LogP contribution in [0.5, 0.6) is 5.75 Å². The first-order valence-corrected chi connectivity index (χ1v) is 6.67. The van der Waals surface area contributed by atoms with Gasteiger partial charge in [0.2, 0.25) is 0 Å². The van der Waals surface area contributed by atoms with E-state index in [1.165, 1.54) is 0 Å². The Morgan fingerprint density at radius 3 is 2.21 bits per heavy atom. The van der Waals surface area contributed by atoms with Crippen LogP contribution >= 0.6 is 11.6 Å². The lowest BCUT2D eigenvalue weighted by molar-refractivity contribution is 0.00578. The second-order valence-electron chi connectivity index (χ2n) is 5.80. The van der Waals surface area contributed by atoms with Crippen LogP contribution in [0, 0.1) is 13.0 Å². The van der Waals surface area contributed by atoms with Crippen LogP contribution in [0.3, 0.4) is 0 Å². The number of hydrogen-bond acceptors (Lipinski definition) is 3. The lowest BCUT2D eigenvalue weighted by Crippen LogP contribution is -2.41. The van der Waals surface area contributed by atoms with E-state index < -0.39 is 18.3 Å². The van der Waals surface area contributed by atoms with Gasteiger partial charge in [-0.2, -0.15) is 0 Å². The number of halogens is 1. The number of benzene rings is 1. The third kappa shape index (κ3) is 2.37. The fourth-order valence-electron chi connectivity index (χ4n) is 2.03. The lowest BCUT2D eigenvalue weighted by Gasteiger charge is -2.32. The van der Waals surface area contributed by atoms with Crippen LogP contribution in [0.15, 0.2) is 6.07 Å². The van der Waals surface area contributed by atoms with Crippen LogP contribution < -0.4 is 10.2 Å². The Labute approximate surface area is 120 Å². The van der Waals surface area contributed by atoms with Crippen molar-refractivity contribution in [1.82, 2.24) is 0 Å². The van der Waals surface area contributed by atoms with Crippen molar-refractivity contribution in [3.05, 3.63) is 22.7 Å². The summed E-state index contributed by atoms with van der Waals surface area (Å²) in [6.07, 6.45) is 0. The molecule has 0 N–H and O–H groups in total. The highest BCUT2D eigenvalue weighted by Gasteiger charge is 2.53. The molecule has 1 heterocycles. The van der Waals surface area contributed by atoms with E-state index in [4.69, 9.17) is 25.6 Å². The zero-order valence-electron chi connectivity index (χ0n) is 12.3. The molecule has 2 rings (SSSR count). The Kier molecular flexibility index (Phi) is 3.63. The van der Waals surface area contributed by atoms with Gasteiger partial charge in [0, 0.05) is 16.6 Å². The molecule has 5 heteroatoms. The maximum Gasteiger partial charge on any atom is 0.499 e. The van der Waals surface area contributed by atoms with Crippen molar-refractivity contribution < 1.29 is 14.0 Å². The van der Waals surface area contributed by atoms with Crippen molar-refractivity contribution in [2.75, 3.05) is 7.11 Å². The topological polar surface area (TPSA) is 27.7 Å². The van der Waals surface area contributed by atoms with E-state index in [1.807, 2.05) is 34.6 Å². The van der Waals surface area contributed by atoms with Crippen molar-refractivity contribution in [2.45, 2.75) is 45.8 Å². The summed E-state index contributed by atoms with van der Waals surface area (Å²) in [6, 6.07) is 4.71. The molecule has 1 fully saturated rings. The minimum atomic E-state index is -0.491. The molecule has 0 aromatic heterocycles. The van der Waals surface area contributed by atoms with Gasteiger partial charge in [0.05, 0.1) is 18.3 Å². The van der Waals surface area contributed by atoms with Crippen molar-refractivity contribution in [2.24, 2.45) is 0 Å². The smallest absolute Gasteiger partial charge is 0.496 e. The average molecular weight is 282 g/mol. The number of ether oxygens (including phenoxy) is 1. The zero-order chi connectivity index (χ0) is 14.4. The Balaban J connectivity index is 2.47. The molecule has 1 saturated heterocycles. The molecule has 0 spiro atoms. The van der Waals surface area contributed by atoms with E-state index >= 15 is 0 Å². The number of rotatable bonds is 2. The van der Waals surface area contributed by atoms with Crippen molar-refractivity contribution in [3.63, 3.8) is 0 Å². The van der Waals surface area contributed by atoms with Gasteiger partial charge in [-0.25, -0.2) is 0 Å². The predicted molar refractivity (Wildman–Crippen MR) is 77.3 cm³/mol. The quantitative estimate of drug-likeness (QED) is 0.780. The highest BCUT2D eigenvalue weighted by atomic mass is 35.5. The van der Waals surface area contributed by atoms with Crippen LogP contribution in [-0.2, 0) is 9.31 Å². The second-order valence-corrected chi connectivity index (χ2v) is 6.20. The minimum absolute atomic E-state index is 0.391. The first-order chi connectivity index (χ1) is 8.69. The first-order valence-electron chi connectivity index (χ1n) is 6.30. The molecule has 3 nitrogen and oxygen atoms in total. The molecule has 0 bridgehead atoms. The molecule has 0 unspecified atom stereocenters. The van der Waals surface area contributed by atoms with Crippen LogP contribution in [-0.4, -0.2) is 25.4 Å². The van der Waals surface area contributed by atoms with Crippen molar-refractivity contribution >= 4 is 24.2 Å². The first kappa shape index (κ1) is 14.7. The van der Waals surface area contributed by atoms with Gasteiger partial charge >= 0.3 is 7.12 Å². The predicted octanol–water partition coefficient (Wildman–Crippen LogP) is 2.76. The summed E-state index contributed by atoms with van der Waals surface area (Å²) in [7, 11) is 1.11. The van der Waals surface area contributed by atoms with E-state index in [9.17, 15) is 0 Å². The molecule has 1 aromatic carbocycles. The summed E-state index contributed by atoms with van der Waals surface area (Å²) < 4.78 is 17.5. The maximum absolute atomic E-state index is 6.17. The summed E-state index contributed by atoms with van der Waals surface area (Å²) in [5, 5.41) is 0.630. The number of hydrogen-bond donors (Lipinski definition) is 0. The molecule has 1 aliphatic heterocycles. The summed E-state index contributed by atoms with van der Waals surface area (Å²) in [5.41, 5.74) is 0.930. The van der Waals surface area contributed by atoms with Gasteiger partial charge in [-0.05, 0) is 46.2 Å².